The molecule has 2 rings (SSSR count). The number of hydrogen-bond acceptors (Lipinski definition) is 3. The van der Waals surface area contributed by atoms with Crippen molar-refractivity contribution in [2.75, 3.05) is 12.8 Å². The second-order valence-corrected chi connectivity index (χ2v) is 4.86. The van der Waals surface area contributed by atoms with Crippen LogP contribution in [0.25, 0.3) is 10.8 Å². The highest BCUT2D eigenvalue weighted by Gasteiger charge is 2.21. The monoisotopic (exact) mass is 309 g/mol. The van der Waals surface area contributed by atoms with Crippen LogP contribution in [-0.2, 0) is 0 Å². The van der Waals surface area contributed by atoms with Crippen LogP contribution < -0.4 is 10.5 Å². The lowest BCUT2D eigenvalue weighted by Gasteiger charge is -2.15. The average Bonchev–Trinajstić information content (AvgIpc) is 2.32. The van der Waals surface area contributed by atoms with Crippen molar-refractivity contribution in [3.05, 3.63) is 33.8 Å². The lowest BCUT2D eigenvalue weighted by molar-refractivity contribution is 0.0693. The van der Waals surface area contributed by atoms with Gasteiger partial charge in [0.25, 0.3) is 0 Å². The summed E-state index contributed by atoms with van der Waals surface area (Å²) in [5.41, 5.74) is 7.10. The first-order valence-corrected chi connectivity index (χ1v) is 6.05. The standard InChI is InChI=1S/C13H12BrNO3/c1-6-10(13(16)17)12(18-2)9-5-7(14)3-4-8(9)11(6)15/h3-5H,15H2,1-2H3,(H,16,17). The van der Waals surface area contributed by atoms with Crippen LogP contribution in [0.4, 0.5) is 5.69 Å². The number of nitrogen functional groups attached to an aromatic ring is 1. The van der Waals surface area contributed by atoms with Gasteiger partial charge in [-0.2, -0.15) is 0 Å². The van der Waals surface area contributed by atoms with Crippen LogP contribution in [0.3, 0.4) is 0 Å². The first-order chi connectivity index (χ1) is 8.47. The number of nitrogens with two attached hydrogens (primary N) is 1. The first kappa shape index (κ1) is 12.7. The van der Waals surface area contributed by atoms with E-state index in [1.165, 1.54) is 7.11 Å². The number of methoxy groups -OCH3 is 1. The average molecular weight is 310 g/mol. The molecule has 4 nitrogen and oxygen atoms in total. The Balaban J connectivity index is 3.02. The molecule has 0 aliphatic heterocycles. The molecule has 0 heterocycles. The molecule has 0 bridgehead atoms. The minimum atomic E-state index is -1.04. The normalized spacial score (nSPS) is 10.6. The predicted molar refractivity (Wildman–Crippen MR) is 74.3 cm³/mol. The molecule has 0 aliphatic rings. The number of aromatic carboxylic acids is 1. The molecule has 0 aromatic heterocycles. The van der Waals surface area contributed by atoms with Crippen LogP contribution in [-0.4, -0.2) is 18.2 Å². The van der Waals surface area contributed by atoms with Crippen LogP contribution >= 0.6 is 15.9 Å². The van der Waals surface area contributed by atoms with Gasteiger partial charge in [0.1, 0.15) is 11.3 Å². The molecular weight excluding hydrogens is 298 g/mol. The van der Waals surface area contributed by atoms with Crippen LogP contribution in [0.5, 0.6) is 5.75 Å². The van der Waals surface area contributed by atoms with Gasteiger partial charge in [-0.1, -0.05) is 22.0 Å². The maximum absolute atomic E-state index is 11.3. The molecule has 0 unspecified atom stereocenters. The Hall–Kier alpha value is -1.75. The fourth-order valence-electron chi connectivity index (χ4n) is 2.05. The van der Waals surface area contributed by atoms with E-state index < -0.39 is 5.97 Å². The highest BCUT2D eigenvalue weighted by atomic mass is 79.9. The van der Waals surface area contributed by atoms with E-state index >= 15 is 0 Å². The number of rotatable bonds is 2. The Morgan fingerprint density at radius 1 is 1.39 bits per heavy atom. The van der Waals surface area contributed by atoms with Crippen molar-refractivity contribution in [1.29, 1.82) is 0 Å². The van der Waals surface area contributed by atoms with Crippen LogP contribution in [0.1, 0.15) is 15.9 Å². The smallest absolute Gasteiger partial charge is 0.339 e. The maximum atomic E-state index is 11.3. The Bertz CT molecular complexity index is 652. The lowest BCUT2D eigenvalue weighted by atomic mass is 9.98. The molecular formula is C13H12BrNO3. The number of fused-ring (bicyclic) bond motifs is 1. The van der Waals surface area contributed by atoms with E-state index in [0.29, 0.717) is 22.4 Å². The number of anilines is 1. The van der Waals surface area contributed by atoms with Gasteiger partial charge in [-0.15, -0.1) is 0 Å². The summed E-state index contributed by atoms with van der Waals surface area (Å²) in [6.07, 6.45) is 0. The molecule has 0 radical (unpaired) electrons. The number of carboxylic acids is 1. The minimum absolute atomic E-state index is 0.112. The minimum Gasteiger partial charge on any atom is -0.495 e. The van der Waals surface area contributed by atoms with Gasteiger partial charge >= 0.3 is 5.97 Å². The zero-order valence-electron chi connectivity index (χ0n) is 9.95. The summed E-state index contributed by atoms with van der Waals surface area (Å²) in [5, 5.41) is 10.8. The Morgan fingerprint density at radius 2 is 2.06 bits per heavy atom. The van der Waals surface area contributed by atoms with Crippen LogP contribution in [0.15, 0.2) is 22.7 Å². The van der Waals surface area contributed by atoms with Crippen molar-refractivity contribution < 1.29 is 14.6 Å². The highest BCUT2D eigenvalue weighted by molar-refractivity contribution is 9.10. The molecule has 3 N–H and O–H groups in total. The number of carboxylic acid groups (broad SMARTS) is 1. The van der Waals surface area contributed by atoms with Crippen LogP contribution in [0, 0.1) is 6.92 Å². The molecule has 94 valence electrons. The predicted octanol–water partition coefficient (Wildman–Crippen LogP) is 3.20. The van der Waals surface area contributed by atoms with Gasteiger partial charge in [0.15, 0.2) is 0 Å². The summed E-state index contributed by atoms with van der Waals surface area (Å²) >= 11 is 3.36. The largest absolute Gasteiger partial charge is 0.495 e. The van der Waals surface area contributed by atoms with E-state index in [1.807, 2.05) is 12.1 Å². The van der Waals surface area contributed by atoms with Crippen LogP contribution in [0.2, 0.25) is 0 Å². The third kappa shape index (κ3) is 1.80. The molecule has 0 aliphatic carbocycles. The summed E-state index contributed by atoms with van der Waals surface area (Å²) in [7, 11) is 1.46. The van der Waals surface area contributed by atoms with Gasteiger partial charge in [-0.05, 0) is 24.6 Å². The molecule has 0 spiro atoms. The number of halogens is 1. The first-order valence-electron chi connectivity index (χ1n) is 5.26. The Morgan fingerprint density at radius 3 is 2.61 bits per heavy atom. The topological polar surface area (TPSA) is 72.5 Å². The molecule has 0 saturated heterocycles. The van der Waals surface area contributed by atoms with Crippen molar-refractivity contribution in [3.63, 3.8) is 0 Å². The molecule has 0 saturated carbocycles. The fourth-order valence-corrected chi connectivity index (χ4v) is 2.41. The number of carbonyl (C=O) groups is 1. The van der Waals surface area contributed by atoms with E-state index in [0.717, 1.165) is 9.86 Å². The number of benzene rings is 2. The SMILES string of the molecule is COc1c(C(=O)O)c(C)c(N)c2ccc(Br)cc12. The third-order valence-electron chi connectivity index (χ3n) is 2.94. The van der Waals surface area contributed by atoms with Gasteiger partial charge in [-0.3, -0.25) is 0 Å². The van der Waals surface area contributed by atoms with E-state index in [4.69, 9.17) is 10.5 Å². The maximum Gasteiger partial charge on any atom is 0.339 e. The summed E-state index contributed by atoms with van der Waals surface area (Å²) < 4.78 is 6.09. The molecule has 2 aromatic carbocycles. The van der Waals surface area contributed by atoms with Crippen molar-refractivity contribution in [3.8, 4) is 5.75 Å². The molecule has 5 heteroatoms. The van der Waals surface area contributed by atoms with Crippen molar-refractivity contribution in [2.45, 2.75) is 6.92 Å². The van der Waals surface area contributed by atoms with Gasteiger partial charge < -0.3 is 15.6 Å². The van der Waals surface area contributed by atoms with Gasteiger partial charge in [-0.25, -0.2) is 4.79 Å². The van der Waals surface area contributed by atoms with E-state index in [-0.39, 0.29) is 5.56 Å². The summed E-state index contributed by atoms with van der Waals surface area (Å²) in [4.78, 5) is 11.3. The van der Waals surface area contributed by atoms with Crippen molar-refractivity contribution in [1.82, 2.24) is 0 Å². The Kier molecular flexibility index (Phi) is 3.17. The Labute approximate surface area is 112 Å². The molecule has 18 heavy (non-hydrogen) atoms. The van der Waals surface area contributed by atoms with E-state index in [9.17, 15) is 9.90 Å². The highest BCUT2D eigenvalue weighted by Crippen LogP contribution is 2.38. The lowest BCUT2D eigenvalue weighted by Crippen LogP contribution is -2.07. The zero-order valence-corrected chi connectivity index (χ0v) is 11.5. The summed E-state index contributed by atoms with van der Waals surface area (Å²) in [5.74, 6) is -0.705. The summed E-state index contributed by atoms with van der Waals surface area (Å²) in [6, 6.07) is 5.50. The number of hydrogen-bond donors (Lipinski definition) is 2. The van der Waals surface area contributed by atoms with Crippen molar-refractivity contribution >= 4 is 38.4 Å². The zero-order chi connectivity index (χ0) is 13.4. The van der Waals surface area contributed by atoms with Crippen molar-refractivity contribution in [2.24, 2.45) is 0 Å². The third-order valence-corrected chi connectivity index (χ3v) is 3.43. The fraction of sp³-hybridized carbons (Fsp3) is 0.154. The van der Waals surface area contributed by atoms with Gasteiger partial charge in [0.2, 0.25) is 0 Å². The molecule has 2 aromatic rings. The second-order valence-electron chi connectivity index (χ2n) is 3.94. The van der Waals surface area contributed by atoms with Gasteiger partial charge in [0.05, 0.1) is 7.11 Å². The van der Waals surface area contributed by atoms with E-state index in [1.54, 1.807) is 13.0 Å². The van der Waals surface area contributed by atoms with E-state index in [2.05, 4.69) is 15.9 Å². The van der Waals surface area contributed by atoms with Gasteiger partial charge in [0, 0.05) is 20.9 Å². The second kappa shape index (κ2) is 4.49. The number of ether oxygens (including phenoxy) is 1. The molecule has 0 atom stereocenters. The quantitative estimate of drug-likeness (QED) is 0.836. The molecule has 0 amide bonds. The molecule has 0 fully saturated rings. The summed E-state index contributed by atoms with van der Waals surface area (Å²) in [6.45, 7) is 1.68.